The van der Waals surface area contributed by atoms with Crippen molar-refractivity contribution in [2.24, 2.45) is 0 Å². The van der Waals surface area contributed by atoms with E-state index in [0.29, 0.717) is 22.2 Å². The van der Waals surface area contributed by atoms with Crippen molar-refractivity contribution in [1.29, 1.82) is 0 Å². The molecule has 2 N–H and O–H groups in total. The van der Waals surface area contributed by atoms with E-state index in [1.807, 2.05) is 12.1 Å². The van der Waals surface area contributed by atoms with Crippen LogP contribution < -0.4 is 10.4 Å². The van der Waals surface area contributed by atoms with Crippen LogP contribution in [0.3, 0.4) is 0 Å². The summed E-state index contributed by atoms with van der Waals surface area (Å²) in [5, 5.41) is 7.81. The molecule has 0 spiro atoms. The maximum Gasteiger partial charge on any atom is 0.240 e. The second-order valence-corrected chi connectivity index (χ2v) is 6.04. The summed E-state index contributed by atoms with van der Waals surface area (Å²) in [5.41, 5.74) is 5.43. The average molecular weight is 398 g/mol. The first-order chi connectivity index (χ1) is 10.1. The van der Waals surface area contributed by atoms with Crippen molar-refractivity contribution in [2.45, 2.75) is 6.30 Å². The molecule has 0 aliphatic carbocycles. The van der Waals surface area contributed by atoms with Gasteiger partial charge >= 0.3 is 0 Å². The molecule has 21 heavy (non-hydrogen) atoms. The number of alkyl halides is 1. The zero-order valence-electron chi connectivity index (χ0n) is 10.6. The zero-order valence-corrected chi connectivity index (χ0v) is 12.7. The number of hydrazine groups is 1. The third-order valence-corrected chi connectivity index (χ3v) is 4.19. The molecule has 2 aromatic carbocycles. The number of halogens is 3. The lowest BCUT2D eigenvalue weighted by Gasteiger charge is -2.21. The summed E-state index contributed by atoms with van der Waals surface area (Å²) in [6, 6.07) is 10.5. The van der Waals surface area contributed by atoms with Gasteiger partial charge in [0.1, 0.15) is 0 Å². The lowest BCUT2D eigenvalue weighted by molar-refractivity contribution is 0.353. The molecule has 0 saturated carbocycles. The summed E-state index contributed by atoms with van der Waals surface area (Å²) in [4.78, 5) is 0. The molecule has 1 unspecified atom stereocenters. The predicted octanol–water partition coefficient (Wildman–Crippen LogP) is 4.12. The van der Waals surface area contributed by atoms with Crippen LogP contribution in [-0.2, 0) is 0 Å². The Morgan fingerprint density at radius 1 is 1.19 bits per heavy atom. The molecule has 1 aromatic heterocycles. The van der Waals surface area contributed by atoms with Crippen LogP contribution >= 0.6 is 22.6 Å². The van der Waals surface area contributed by atoms with Gasteiger partial charge in [-0.05, 0) is 59.0 Å². The smallest absolute Gasteiger partial charge is 0.240 e. The summed E-state index contributed by atoms with van der Waals surface area (Å²) in [6.07, 6.45) is -1.32. The molecule has 0 saturated heterocycles. The fourth-order valence-corrected chi connectivity index (χ4v) is 2.99. The van der Waals surface area contributed by atoms with Crippen LogP contribution in [0.4, 0.5) is 20.2 Å². The molecule has 0 amide bonds. The van der Waals surface area contributed by atoms with Gasteiger partial charge < -0.3 is 0 Å². The number of hydrogen-bond acceptors (Lipinski definition) is 3. The van der Waals surface area contributed by atoms with Gasteiger partial charge in [-0.15, -0.1) is 5.10 Å². The van der Waals surface area contributed by atoms with E-state index in [1.54, 1.807) is 24.3 Å². The number of aromatic amines is 1. The van der Waals surface area contributed by atoms with Gasteiger partial charge in [-0.3, -0.25) is 10.5 Å². The van der Waals surface area contributed by atoms with E-state index < -0.39 is 12.2 Å². The molecule has 0 fully saturated rings. The highest BCUT2D eigenvalue weighted by Crippen LogP contribution is 2.40. The molecule has 1 atom stereocenters. The van der Waals surface area contributed by atoms with Gasteiger partial charge in [0.05, 0.1) is 22.3 Å². The fourth-order valence-electron chi connectivity index (χ4n) is 2.47. The minimum Gasteiger partial charge on any atom is -0.295 e. The van der Waals surface area contributed by atoms with Crippen LogP contribution in [0.25, 0.3) is 10.9 Å². The number of rotatable bonds is 1. The van der Waals surface area contributed by atoms with E-state index >= 15 is 0 Å². The Morgan fingerprint density at radius 3 is 2.90 bits per heavy atom. The zero-order chi connectivity index (χ0) is 14.6. The Kier molecular flexibility index (Phi) is 2.78. The van der Waals surface area contributed by atoms with E-state index in [9.17, 15) is 8.78 Å². The normalized spacial score (nSPS) is 17.1. The van der Waals surface area contributed by atoms with Crippen molar-refractivity contribution in [1.82, 2.24) is 10.2 Å². The van der Waals surface area contributed by atoms with E-state index in [-0.39, 0.29) is 0 Å². The average Bonchev–Trinajstić information content (AvgIpc) is 3.01. The number of benzene rings is 2. The minimum absolute atomic E-state index is 0.340. The van der Waals surface area contributed by atoms with Crippen LogP contribution in [0, 0.1) is 9.52 Å². The maximum absolute atomic E-state index is 14.6. The number of nitrogens with one attached hydrogen (secondary N) is 2. The highest BCUT2D eigenvalue weighted by molar-refractivity contribution is 14.1. The van der Waals surface area contributed by atoms with Crippen LogP contribution in [0.15, 0.2) is 36.4 Å². The molecule has 0 radical (unpaired) electrons. The Morgan fingerprint density at radius 2 is 2.05 bits per heavy atom. The predicted molar refractivity (Wildman–Crippen MR) is 85.2 cm³/mol. The quantitative estimate of drug-likeness (QED) is 0.479. The van der Waals surface area contributed by atoms with Crippen molar-refractivity contribution in [3.8, 4) is 0 Å². The molecule has 0 bridgehead atoms. The largest absolute Gasteiger partial charge is 0.295 e. The third kappa shape index (κ3) is 1.95. The first-order valence-corrected chi connectivity index (χ1v) is 7.34. The van der Waals surface area contributed by atoms with Crippen molar-refractivity contribution >= 4 is 44.9 Å². The lowest BCUT2D eigenvalue weighted by Crippen LogP contribution is -2.25. The van der Waals surface area contributed by atoms with Gasteiger partial charge in [0.25, 0.3) is 0 Å². The summed E-state index contributed by atoms with van der Waals surface area (Å²) < 4.78 is 29.1. The van der Waals surface area contributed by atoms with E-state index in [0.717, 1.165) is 9.26 Å². The van der Waals surface area contributed by atoms with Crippen molar-refractivity contribution in [2.75, 3.05) is 10.4 Å². The molecule has 4 nitrogen and oxygen atoms in total. The topological polar surface area (TPSA) is 44.0 Å². The number of aromatic nitrogens is 2. The second-order valence-electron chi connectivity index (χ2n) is 4.79. The highest BCUT2D eigenvalue weighted by atomic mass is 127. The summed E-state index contributed by atoms with van der Waals surface area (Å²) in [7, 11) is 0. The summed E-state index contributed by atoms with van der Waals surface area (Å²) in [6.45, 7) is 0. The minimum atomic E-state index is -1.32. The van der Waals surface area contributed by atoms with Crippen LogP contribution in [0.1, 0.15) is 11.9 Å². The molecule has 106 valence electrons. The molecule has 4 rings (SSSR count). The van der Waals surface area contributed by atoms with Gasteiger partial charge in [-0.25, -0.2) is 9.40 Å². The first-order valence-electron chi connectivity index (χ1n) is 6.26. The number of anilines is 2. The lowest BCUT2D eigenvalue weighted by atomic mass is 10.2. The van der Waals surface area contributed by atoms with Gasteiger partial charge in [0, 0.05) is 9.13 Å². The van der Waals surface area contributed by atoms with Crippen molar-refractivity contribution in [3.05, 3.63) is 51.5 Å². The second kappa shape index (κ2) is 4.55. The van der Waals surface area contributed by atoms with E-state index in [2.05, 4.69) is 38.2 Å². The van der Waals surface area contributed by atoms with Crippen molar-refractivity contribution in [3.63, 3.8) is 0 Å². The van der Waals surface area contributed by atoms with Crippen LogP contribution in [0.2, 0.25) is 0 Å². The van der Waals surface area contributed by atoms with Gasteiger partial charge in [-0.2, -0.15) is 4.39 Å². The van der Waals surface area contributed by atoms with Gasteiger partial charge in [-0.1, -0.05) is 0 Å². The SMILES string of the molecule is Fc1n[nH]c2ccc(N3Nc4ccc(I)cc4C3F)cc12. The number of nitrogens with zero attached hydrogens (tertiary/aromatic N) is 2. The van der Waals surface area contributed by atoms with Gasteiger partial charge in [0.15, 0.2) is 0 Å². The first kappa shape index (κ1) is 12.8. The maximum atomic E-state index is 14.6. The van der Waals surface area contributed by atoms with Crippen molar-refractivity contribution < 1.29 is 8.78 Å². The Bertz CT molecular complexity index is 848. The Labute approximate surface area is 132 Å². The molecular formula is C14H9F2IN4. The van der Waals surface area contributed by atoms with Crippen LogP contribution in [-0.4, -0.2) is 10.2 Å². The molecule has 1 aliphatic heterocycles. The number of H-pyrrole nitrogens is 1. The Balaban J connectivity index is 1.78. The summed E-state index contributed by atoms with van der Waals surface area (Å²) >= 11 is 2.15. The summed E-state index contributed by atoms with van der Waals surface area (Å²) in [5.74, 6) is -0.589. The van der Waals surface area contributed by atoms with Crippen LogP contribution in [0.5, 0.6) is 0 Å². The number of hydrogen-bond donors (Lipinski definition) is 2. The molecule has 7 heteroatoms. The van der Waals surface area contributed by atoms with Gasteiger partial charge in [0.2, 0.25) is 12.2 Å². The number of fused-ring (bicyclic) bond motifs is 2. The highest BCUT2D eigenvalue weighted by Gasteiger charge is 2.30. The molecule has 3 aromatic rings. The fraction of sp³-hybridized carbons (Fsp3) is 0.0714. The van der Waals surface area contributed by atoms with E-state index in [1.165, 1.54) is 5.01 Å². The molecule has 1 aliphatic rings. The molecule has 2 heterocycles. The standard InChI is InChI=1S/C14H9F2IN4/c15-13-9-6-8(2-4-11(9)18-19-13)21-14(16)10-5-7(17)1-3-12(10)20-21/h1-6,14,20H,(H,18,19). The van der Waals surface area contributed by atoms with E-state index in [4.69, 9.17) is 0 Å². The molecular weight excluding hydrogens is 389 g/mol. The monoisotopic (exact) mass is 398 g/mol. The Hall–Kier alpha value is -1.90. The third-order valence-electron chi connectivity index (χ3n) is 3.52.